The predicted molar refractivity (Wildman–Crippen MR) is 42.7 cm³/mol. The maximum Gasteiger partial charge on any atom is 0.311 e. The van der Waals surface area contributed by atoms with Gasteiger partial charge in [0.1, 0.15) is 12.5 Å². The van der Waals surface area contributed by atoms with Gasteiger partial charge in [0.05, 0.1) is 6.61 Å². The third kappa shape index (κ3) is 7.64. The van der Waals surface area contributed by atoms with E-state index in [1.165, 1.54) is 0 Å². The number of hydrogen-bond acceptors (Lipinski definition) is 3. The molecule has 0 radical (unpaired) electrons. The molecule has 0 aliphatic rings. The Bertz CT molecular complexity index is 150. The molecule has 0 aromatic heterocycles. The smallest absolute Gasteiger partial charge is 0.311 e. The lowest BCUT2D eigenvalue weighted by atomic mass is 10.4. The molecule has 0 heterocycles. The van der Waals surface area contributed by atoms with E-state index in [2.05, 4.69) is 4.74 Å². The van der Waals surface area contributed by atoms with Gasteiger partial charge in [-0.15, -0.1) is 0 Å². The van der Waals surface area contributed by atoms with Crippen LogP contribution in [-0.4, -0.2) is 31.7 Å². The van der Waals surface area contributed by atoms with E-state index in [1.54, 1.807) is 13.8 Å². The second kappa shape index (κ2) is 6.77. The number of carbonyl (C=O) groups is 1. The number of halogens is 2. The quantitative estimate of drug-likeness (QED) is 0.605. The maximum atomic E-state index is 11.7. The second-order valence-corrected chi connectivity index (χ2v) is 2.56. The molecule has 5 heteroatoms. The Hall–Kier alpha value is -0.710. The lowest BCUT2D eigenvalue weighted by molar-refractivity contribution is -0.153. The summed E-state index contributed by atoms with van der Waals surface area (Å²) in [4.78, 5) is 10.7. The van der Waals surface area contributed by atoms with Gasteiger partial charge in [-0.05, 0) is 13.8 Å². The minimum Gasteiger partial charge on any atom is -0.460 e. The van der Waals surface area contributed by atoms with Gasteiger partial charge in [0, 0.05) is 6.61 Å². The van der Waals surface area contributed by atoms with E-state index in [0.29, 0.717) is 6.61 Å². The van der Waals surface area contributed by atoms with Crippen LogP contribution in [0.15, 0.2) is 0 Å². The summed E-state index contributed by atoms with van der Waals surface area (Å²) in [6.45, 7) is 4.15. The number of rotatable bonds is 6. The molecule has 78 valence electrons. The summed E-state index contributed by atoms with van der Waals surface area (Å²) in [6.07, 6.45) is -3.96. The molecule has 0 saturated carbocycles. The largest absolute Gasteiger partial charge is 0.460 e. The summed E-state index contributed by atoms with van der Waals surface area (Å²) in [5.74, 6) is -0.887. The van der Waals surface area contributed by atoms with Crippen molar-refractivity contribution in [3.63, 3.8) is 0 Å². The molecule has 0 aromatic carbocycles. The van der Waals surface area contributed by atoms with Crippen molar-refractivity contribution in [2.24, 2.45) is 0 Å². The Morgan fingerprint density at radius 3 is 2.54 bits per heavy atom. The van der Waals surface area contributed by atoms with Crippen LogP contribution in [0, 0.1) is 0 Å². The third-order valence-corrected chi connectivity index (χ3v) is 1.21. The lowest BCUT2D eigenvalue weighted by Gasteiger charge is -2.12. The summed E-state index contributed by atoms with van der Waals surface area (Å²) < 4.78 is 32.9. The van der Waals surface area contributed by atoms with E-state index in [4.69, 9.17) is 4.74 Å². The van der Waals surface area contributed by atoms with E-state index in [1.807, 2.05) is 0 Å². The Kier molecular flexibility index (Phi) is 6.40. The SMILES string of the molecule is CCOCC(C)OC(=O)CC(F)F. The summed E-state index contributed by atoms with van der Waals surface area (Å²) in [5.41, 5.74) is 0. The summed E-state index contributed by atoms with van der Waals surface area (Å²) in [5, 5.41) is 0. The van der Waals surface area contributed by atoms with Crippen LogP contribution in [0.25, 0.3) is 0 Å². The van der Waals surface area contributed by atoms with E-state index in [-0.39, 0.29) is 6.61 Å². The average Bonchev–Trinajstić information content (AvgIpc) is 1.98. The van der Waals surface area contributed by atoms with Gasteiger partial charge in [-0.25, -0.2) is 8.78 Å². The number of esters is 1. The van der Waals surface area contributed by atoms with Crippen LogP contribution >= 0.6 is 0 Å². The molecule has 0 rings (SSSR count). The fourth-order valence-electron chi connectivity index (χ4n) is 0.716. The van der Waals surface area contributed by atoms with E-state index < -0.39 is 24.9 Å². The number of ether oxygens (including phenoxy) is 2. The van der Waals surface area contributed by atoms with Crippen molar-refractivity contribution in [1.82, 2.24) is 0 Å². The van der Waals surface area contributed by atoms with Crippen LogP contribution in [-0.2, 0) is 14.3 Å². The first-order valence-electron chi connectivity index (χ1n) is 4.11. The molecule has 1 unspecified atom stereocenters. The van der Waals surface area contributed by atoms with Gasteiger partial charge in [-0.3, -0.25) is 4.79 Å². The first-order chi connectivity index (χ1) is 6.06. The van der Waals surface area contributed by atoms with E-state index in [0.717, 1.165) is 0 Å². The Morgan fingerprint density at radius 2 is 2.08 bits per heavy atom. The van der Waals surface area contributed by atoms with Crippen molar-refractivity contribution in [3.8, 4) is 0 Å². The number of carbonyl (C=O) groups excluding carboxylic acids is 1. The highest BCUT2D eigenvalue weighted by Gasteiger charge is 2.14. The highest BCUT2D eigenvalue weighted by molar-refractivity contribution is 5.69. The van der Waals surface area contributed by atoms with Crippen LogP contribution in [0.1, 0.15) is 20.3 Å². The molecule has 13 heavy (non-hydrogen) atoms. The van der Waals surface area contributed by atoms with Crippen molar-refractivity contribution in [2.75, 3.05) is 13.2 Å². The standard InChI is InChI=1S/C8H14F2O3/c1-3-12-5-6(2)13-8(11)4-7(9)10/h6-7H,3-5H2,1-2H3. The van der Waals surface area contributed by atoms with Crippen LogP contribution < -0.4 is 0 Å². The van der Waals surface area contributed by atoms with Gasteiger partial charge in [0.2, 0.25) is 6.43 Å². The molecule has 1 atom stereocenters. The predicted octanol–water partition coefficient (Wildman–Crippen LogP) is 1.61. The molecule has 3 nitrogen and oxygen atoms in total. The van der Waals surface area contributed by atoms with E-state index >= 15 is 0 Å². The third-order valence-electron chi connectivity index (χ3n) is 1.21. The monoisotopic (exact) mass is 196 g/mol. The fraction of sp³-hybridized carbons (Fsp3) is 0.875. The minimum absolute atomic E-state index is 0.242. The maximum absolute atomic E-state index is 11.7. The molecule has 0 N–H and O–H groups in total. The van der Waals surface area contributed by atoms with Crippen molar-refractivity contribution in [2.45, 2.75) is 32.8 Å². The second-order valence-electron chi connectivity index (χ2n) is 2.56. The molecule has 0 saturated heterocycles. The first-order valence-corrected chi connectivity index (χ1v) is 4.11. The number of hydrogen-bond donors (Lipinski definition) is 0. The molecule has 0 amide bonds. The van der Waals surface area contributed by atoms with Crippen LogP contribution in [0.5, 0.6) is 0 Å². The van der Waals surface area contributed by atoms with Gasteiger partial charge in [0.15, 0.2) is 0 Å². The Morgan fingerprint density at radius 1 is 1.46 bits per heavy atom. The highest BCUT2D eigenvalue weighted by Crippen LogP contribution is 2.03. The van der Waals surface area contributed by atoms with Gasteiger partial charge in [0.25, 0.3) is 0 Å². The average molecular weight is 196 g/mol. The van der Waals surface area contributed by atoms with Crippen LogP contribution in [0.3, 0.4) is 0 Å². The summed E-state index contributed by atoms with van der Waals surface area (Å²) in [7, 11) is 0. The molecular weight excluding hydrogens is 182 g/mol. The Balaban J connectivity index is 3.53. The molecule has 0 bridgehead atoms. The summed E-state index contributed by atoms with van der Waals surface area (Å²) in [6, 6.07) is 0. The zero-order chi connectivity index (χ0) is 10.3. The molecule has 0 aromatic rings. The normalized spacial score (nSPS) is 13.0. The van der Waals surface area contributed by atoms with Gasteiger partial charge >= 0.3 is 5.97 Å². The molecule has 0 spiro atoms. The van der Waals surface area contributed by atoms with Crippen molar-refractivity contribution in [1.29, 1.82) is 0 Å². The van der Waals surface area contributed by atoms with Gasteiger partial charge in [-0.2, -0.15) is 0 Å². The highest BCUT2D eigenvalue weighted by atomic mass is 19.3. The zero-order valence-corrected chi connectivity index (χ0v) is 7.76. The molecule has 0 aliphatic heterocycles. The molecular formula is C8H14F2O3. The topological polar surface area (TPSA) is 35.5 Å². The minimum atomic E-state index is -2.65. The molecule has 0 fully saturated rings. The summed E-state index contributed by atoms with van der Waals surface area (Å²) >= 11 is 0. The van der Waals surface area contributed by atoms with Gasteiger partial charge in [-0.1, -0.05) is 0 Å². The Labute approximate surface area is 76.0 Å². The van der Waals surface area contributed by atoms with Crippen molar-refractivity contribution >= 4 is 5.97 Å². The number of alkyl halides is 2. The molecule has 0 aliphatic carbocycles. The van der Waals surface area contributed by atoms with Crippen LogP contribution in [0.2, 0.25) is 0 Å². The zero-order valence-electron chi connectivity index (χ0n) is 7.76. The first kappa shape index (κ1) is 12.3. The lowest BCUT2D eigenvalue weighted by Crippen LogP contribution is -2.21. The van der Waals surface area contributed by atoms with Gasteiger partial charge < -0.3 is 9.47 Å². The van der Waals surface area contributed by atoms with Crippen molar-refractivity contribution < 1.29 is 23.0 Å². The fourth-order valence-corrected chi connectivity index (χ4v) is 0.716. The van der Waals surface area contributed by atoms with Crippen molar-refractivity contribution in [3.05, 3.63) is 0 Å². The van der Waals surface area contributed by atoms with Crippen LogP contribution in [0.4, 0.5) is 8.78 Å². The van der Waals surface area contributed by atoms with E-state index in [9.17, 15) is 13.6 Å².